The average Bonchev–Trinajstić information content (AvgIpc) is 2.32. The molecule has 1 aromatic rings. The normalized spacial score (nSPS) is 22.4. The second-order valence-electron chi connectivity index (χ2n) is 3.84. The van der Waals surface area contributed by atoms with Gasteiger partial charge in [0, 0.05) is 18.7 Å². The highest BCUT2D eigenvalue weighted by atomic mass is 15.1. The molecule has 0 N–H and O–H groups in total. The summed E-state index contributed by atoms with van der Waals surface area (Å²) in [5, 5.41) is 0. The van der Waals surface area contributed by atoms with Crippen molar-refractivity contribution in [3.63, 3.8) is 0 Å². The lowest BCUT2D eigenvalue weighted by Crippen LogP contribution is -2.09. The first kappa shape index (κ1) is 7.84. The van der Waals surface area contributed by atoms with Gasteiger partial charge in [0.1, 0.15) is 5.82 Å². The third-order valence-electron chi connectivity index (χ3n) is 2.99. The number of rotatable bonds is 0. The van der Waals surface area contributed by atoms with E-state index in [2.05, 4.69) is 30.4 Å². The number of nitrogens with zero attached hydrogens (tertiary/aromatic N) is 2. The van der Waals surface area contributed by atoms with E-state index in [1.807, 2.05) is 0 Å². The number of hydrogen-bond acceptors (Lipinski definition) is 1. The fraction of sp³-hybridized carbons (Fsp3) is 0.700. The summed E-state index contributed by atoms with van der Waals surface area (Å²) in [6, 6.07) is 0. The van der Waals surface area contributed by atoms with E-state index >= 15 is 0 Å². The van der Waals surface area contributed by atoms with Gasteiger partial charge in [0.2, 0.25) is 0 Å². The van der Waals surface area contributed by atoms with Crippen LogP contribution in [0.1, 0.15) is 42.9 Å². The molecule has 0 fully saturated rings. The van der Waals surface area contributed by atoms with E-state index in [1.54, 1.807) is 0 Å². The van der Waals surface area contributed by atoms with Gasteiger partial charge in [-0.1, -0.05) is 6.92 Å². The fourth-order valence-corrected chi connectivity index (χ4v) is 2.08. The summed E-state index contributed by atoms with van der Waals surface area (Å²) in [6.07, 6.45) is 3.85. The predicted molar refractivity (Wildman–Crippen MR) is 49.3 cm³/mol. The maximum absolute atomic E-state index is 4.59. The molecule has 0 saturated carbocycles. The first-order chi connectivity index (χ1) is 5.70. The Morgan fingerprint density at radius 1 is 1.50 bits per heavy atom. The summed E-state index contributed by atoms with van der Waals surface area (Å²) in [4.78, 5) is 4.59. The number of fused-ring (bicyclic) bond motifs is 1. The van der Waals surface area contributed by atoms with Gasteiger partial charge in [0.05, 0.1) is 5.69 Å². The number of aryl methyl sites for hydroxylation is 1. The highest BCUT2D eigenvalue weighted by molar-refractivity contribution is 5.22. The van der Waals surface area contributed by atoms with Crippen molar-refractivity contribution in [2.75, 3.05) is 0 Å². The molecule has 1 unspecified atom stereocenters. The highest BCUT2D eigenvalue weighted by Crippen LogP contribution is 2.30. The van der Waals surface area contributed by atoms with Crippen molar-refractivity contribution in [1.82, 2.24) is 9.55 Å². The maximum Gasteiger partial charge on any atom is 0.105 e. The molecule has 0 bridgehead atoms. The molecular formula is C10H16N2. The van der Waals surface area contributed by atoms with Crippen LogP contribution >= 0.6 is 0 Å². The van der Waals surface area contributed by atoms with Crippen molar-refractivity contribution in [2.24, 2.45) is 7.05 Å². The number of imidazole rings is 1. The summed E-state index contributed by atoms with van der Waals surface area (Å²) in [6.45, 7) is 4.37. The smallest absolute Gasteiger partial charge is 0.105 e. The zero-order valence-corrected chi connectivity index (χ0v) is 8.09. The van der Waals surface area contributed by atoms with Gasteiger partial charge in [0.25, 0.3) is 0 Å². The van der Waals surface area contributed by atoms with Crippen LogP contribution in [-0.4, -0.2) is 9.55 Å². The van der Waals surface area contributed by atoms with Crippen LogP contribution in [0.2, 0.25) is 0 Å². The molecular weight excluding hydrogens is 148 g/mol. The third kappa shape index (κ3) is 0.977. The van der Waals surface area contributed by atoms with Crippen molar-refractivity contribution < 1.29 is 0 Å². The van der Waals surface area contributed by atoms with Crippen LogP contribution in [0.3, 0.4) is 0 Å². The molecule has 0 aliphatic heterocycles. The molecule has 2 heteroatoms. The quantitative estimate of drug-likeness (QED) is 0.574. The monoisotopic (exact) mass is 164 g/mol. The summed E-state index contributed by atoms with van der Waals surface area (Å²) >= 11 is 0. The first-order valence-corrected chi connectivity index (χ1v) is 4.72. The molecule has 1 atom stereocenters. The standard InChI is InChI=1S/C10H16N2/c1-7-5-4-6-9-10(7)11-8(2)12(9)3/h7H,4-6H2,1-3H3. The van der Waals surface area contributed by atoms with Crippen molar-refractivity contribution in [3.8, 4) is 0 Å². The average molecular weight is 164 g/mol. The summed E-state index contributed by atoms with van der Waals surface area (Å²) in [5.74, 6) is 1.84. The number of hydrogen-bond donors (Lipinski definition) is 0. The van der Waals surface area contributed by atoms with Crippen LogP contribution in [-0.2, 0) is 13.5 Å². The topological polar surface area (TPSA) is 17.8 Å². The third-order valence-corrected chi connectivity index (χ3v) is 2.99. The van der Waals surface area contributed by atoms with Crippen LogP contribution in [0.15, 0.2) is 0 Å². The Bertz CT molecular complexity index is 299. The fourth-order valence-electron chi connectivity index (χ4n) is 2.08. The van der Waals surface area contributed by atoms with Crippen LogP contribution in [0.25, 0.3) is 0 Å². The minimum Gasteiger partial charge on any atom is -0.335 e. The molecule has 0 aromatic carbocycles. The zero-order chi connectivity index (χ0) is 8.72. The highest BCUT2D eigenvalue weighted by Gasteiger charge is 2.21. The van der Waals surface area contributed by atoms with Gasteiger partial charge in [-0.2, -0.15) is 0 Å². The molecule has 0 amide bonds. The maximum atomic E-state index is 4.59. The van der Waals surface area contributed by atoms with E-state index in [4.69, 9.17) is 0 Å². The van der Waals surface area contributed by atoms with Crippen LogP contribution in [0.5, 0.6) is 0 Å². The van der Waals surface area contributed by atoms with Crippen molar-refractivity contribution in [1.29, 1.82) is 0 Å². The molecule has 0 saturated heterocycles. The van der Waals surface area contributed by atoms with Crippen molar-refractivity contribution in [2.45, 2.75) is 39.0 Å². The Hall–Kier alpha value is -0.790. The van der Waals surface area contributed by atoms with Gasteiger partial charge in [-0.15, -0.1) is 0 Å². The lowest BCUT2D eigenvalue weighted by molar-refractivity contribution is 0.563. The van der Waals surface area contributed by atoms with Crippen molar-refractivity contribution >= 4 is 0 Å². The Morgan fingerprint density at radius 2 is 2.25 bits per heavy atom. The van der Waals surface area contributed by atoms with Crippen LogP contribution < -0.4 is 0 Å². The van der Waals surface area contributed by atoms with E-state index in [0.717, 1.165) is 5.82 Å². The largest absolute Gasteiger partial charge is 0.335 e. The van der Waals surface area contributed by atoms with Crippen LogP contribution in [0, 0.1) is 6.92 Å². The Morgan fingerprint density at radius 3 is 2.92 bits per heavy atom. The molecule has 2 nitrogen and oxygen atoms in total. The van der Waals surface area contributed by atoms with Gasteiger partial charge in [-0.3, -0.25) is 0 Å². The number of aromatic nitrogens is 2. The molecule has 2 rings (SSSR count). The minimum absolute atomic E-state index is 0.675. The molecule has 0 radical (unpaired) electrons. The second kappa shape index (κ2) is 2.61. The molecule has 1 heterocycles. The van der Waals surface area contributed by atoms with Crippen LogP contribution in [0.4, 0.5) is 0 Å². The molecule has 1 aromatic heterocycles. The molecule has 1 aliphatic rings. The van der Waals surface area contributed by atoms with E-state index in [1.165, 1.54) is 30.7 Å². The SMILES string of the molecule is Cc1nc2c(n1C)CCCC2C. The molecule has 1 aliphatic carbocycles. The molecule has 66 valence electrons. The van der Waals surface area contributed by atoms with Gasteiger partial charge in [-0.05, 0) is 26.2 Å². The zero-order valence-electron chi connectivity index (χ0n) is 8.09. The van der Waals surface area contributed by atoms with Gasteiger partial charge in [-0.25, -0.2) is 4.98 Å². The van der Waals surface area contributed by atoms with Crippen molar-refractivity contribution in [3.05, 3.63) is 17.2 Å². The van der Waals surface area contributed by atoms with E-state index in [9.17, 15) is 0 Å². The van der Waals surface area contributed by atoms with Gasteiger partial charge in [0.15, 0.2) is 0 Å². The minimum atomic E-state index is 0.675. The Balaban J connectivity index is 2.52. The van der Waals surface area contributed by atoms with E-state index in [-0.39, 0.29) is 0 Å². The predicted octanol–water partition coefficient (Wildman–Crippen LogP) is 2.17. The summed E-state index contributed by atoms with van der Waals surface area (Å²) in [7, 11) is 2.12. The van der Waals surface area contributed by atoms with E-state index in [0.29, 0.717) is 5.92 Å². The summed E-state index contributed by atoms with van der Waals surface area (Å²) in [5.41, 5.74) is 2.81. The Kier molecular flexibility index (Phi) is 1.71. The first-order valence-electron chi connectivity index (χ1n) is 4.72. The van der Waals surface area contributed by atoms with Gasteiger partial charge >= 0.3 is 0 Å². The molecule has 0 spiro atoms. The Labute approximate surface area is 73.6 Å². The van der Waals surface area contributed by atoms with Gasteiger partial charge < -0.3 is 4.57 Å². The van der Waals surface area contributed by atoms with E-state index < -0.39 is 0 Å². The molecule has 12 heavy (non-hydrogen) atoms. The lowest BCUT2D eigenvalue weighted by Gasteiger charge is -2.17. The lowest BCUT2D eigenvalue weighted by atomic mass is 9.91. The summed E-state index contributed by atoms with van der Waals surface area (Å²) < 4.78 is 2.24. The second-order valence-corrected chi connectivity index (χ2v) is 3.84.